The van der Waals surface area contributed by atoms with Gasteiger partial charge in [-0.3, -0.25) is 9.59 Å². The topological polar surface area (TPSA) is 85.2 Å². The van der Waals surface area contributed by atoms with Crippen LogP contribution in [0.2, 0.25) is 10.2 Å². The molecule has 0 unspecified atom stereocenters. The number of benzene rings is 2. The molecule has 2 N–H and O–H groups in total. The molecular weight excluding hydrogens is 427 g/mol. The van der Waals surface area contributed by atoms with Crippen LogP contribution in [0.5, 0.6) is 0 Å². The average molecular weight is 447 g/mol. The van der Waals surface area contributed by atoms with Gasteiger partial charge in [0.05, 0.1) is 17.8 Å². The standard InChI is InChI=1S/C21H20Cl2N4O3/c1-13-19(20(23)27(26-13)11-14-6-3-4-9-17(14)22)21(29)25-16-8-5-7-15(10-16)24-18(28)12-30-2/h3-10H,11-12H2,1-2H3,(H,24,28)(H,25,29). The van der Waals surface area contributed by atoms with Crippen LogP contribution in [0.15, 0.2) is 48.5 Å². The van der Waals surface area contributed by atoms with Gasteiger partial charge in [0.2, 0.25) is 5.91 Å². The molecule has 0 aliphatic carbocycles. The van der Waals surface area contributed by atoms with E-state index in [9.17, 15) is 9.59 Å². The van der Waals surface area contributed by atoms with E-state index in [2.05, 4.69) is 15.7 Å². The highest BCUT2D eigenvalue weighted by Crippen LogP contribution is 2.25. The number of aromatic nitrogens is 2. The number of aryl methyl sites for hydroxylation is 1. The van der Waals surface area contributed by atoms with Crippen molar-refractivity contribution in [2.75, 3.05) is 24.4 Å². The van der Waals surface area contributed by atoms with Crippen molar-refractivity contribution >= 4 is 46.4 Å². The molecule has 0 aliphatic heterocycles. The first-order chi connectivity index (χ1) is 14.4. The number of carbonyl (C=O) groups is 2. The summed E-state index contributed by atoms with van der Waals surface area (Å²) in [4.78, 5) is 24.5. The second-order valence-electron chi connectivity index (χ2n) is 6.52. The van der Waals surface area contributed by atoms with Gasteiger partial charge in [-0.15, -0.1) is 0 Å². The summed E-state index contributed by atoms with van der Waals surface area (Å²) >= 11 is 12.7. The van der Waals surface area contributed by atoms with Gasteiger partial charge in [-0.2, -0.15) is 5.10 Å². The van der Waals surface area contributed by atoms with Gasteiger partial charge in [-0.1, -0.05) is 47.5 Å². The van der Waals surface area contributed by atoms with E-state index in [-0.39, 0.29) is 23.2 Å². The minimum absolute atomic E-state index is 0.0595. The summed E-state index contributed by atoms with van der Waals surface area (Å²) in [6, 6.07) is 14.1. The summed E-state index contributed by atoms with van der Waals surface area (Å²) in [5.41, 5.74) is 2.65. The molecule has 1 heterocycles. The SMILES string of the molecule is COCC(=O)Nc1cccc(NC(=O)c2c(C)nn(Cc3ccccc3Cl)c2Cl)c1. The van der Waals surface area contributed by atoms with Gasteiger partial charge in [0.25, 0.3) is 5.91 Å². The Morgan fingerprint density at radius 3 is 2.47 bits per heavy atom. The maximum absolute atomic E-state index is 12.8. The summed E-state index contributed by atoms with van der Waals surface area (Å²) in [6.45, 7) is 1.99. The summed E-state index contributed by atoms with van der Waals surface area (Å²) in [6.07, 6.45) is 0. The second-order valence-corrected chi connectivity index (χ2v) is 7.28. The molecule has 2 aromatic carbocycles. The van der Waals surface area contributed by atoms with Crippen LogP contribution < -0.4 is 10.6 Å². The van der Waals surface area contributed by atoms with Crippen molar-refractivity contribution in [3.63, 3.8) is 0 Å². The van der Waals surface area contributed by atoms with Crippen molar-refractivity contribution in [2.24, 2.45) is 0 Å². The maximum atomic E-state index is 12.8. The van der Waals surface area contributed by atoms with Gasteiger partial charge < -0.3 is 15.4 Å². The average Bonchev–Trinajstić information content (AvgIpc) is 2.97. The van der Waals surface area contributed by atoms with E-state index in [0.29, 0.717) is 28.6 Å². The molecule has 3 rings (SSSR count). The number of halogens is 2. The predicted octanol–water partition coefficient (Wildman–Crippen LogP) is 4.38. The Balaban J connectivity index is 1.77. The van der Waals surface area contributed by atoms with Crippen LogP contribution in [0, 0.1) is 6.92 Å². The Morgan fingerprint density at radius 2 is 1.77 bits per heavy atom. The predicted molar refractivity (Wildman–Crippen MR) is 117 cm³/mol. The smallest absolute Gasteiger partial charge is 0.260 e. The first-order valence-electron chi connectivity index (χ1n) is 9.05. The normalized spacial score (nSPS) is 10.7. The van der Waals surface area contributed by atoms with Crippen LogP contribution in [0.25, 0.3) is 0 Å². The maximum Gasteiger partial charge on any atom is 0.260 e. The van der Waals surface area contributed by atoms with Crippen molar-refractivity contribution in [3.05, 3.63) is 75.5 Å². The largest absolute Gasteiger partial charge is 0.375 e. The van der Waals surface area contributed by atoms with Crippen LogP contribution in [-0.4, -0.2) is 35.3 Å². The van der Waals surface area contributed by atoms with Crippen LogP contribution in [0.1, 0.15) is 21.6 Å². The fourth-order valence-electron chi connectivity index (χ4n) is 2.90. The summed E-state index contributed by atoms with van der Waals surface area (Å²) in [7, 11) is 1.44. The number of hydrogen-bond acceptors (Lipinski definition) is 4. The first-order valence-corrected chi connectivity index (χ1v) is 9.81. The lowest BCUT2D eigenvalue weighted by Gasteiger charge is -2.09. The van der Waals surface area contributed by atoms with Gasteiger partial charge in [-0.05, 0) is 36.8 Å². The first kappa shape index (κ1) is 21.8. The van der Waals surface area contributed by atoms with E-state index in [0.717, 1.165) is 5.56 Å². The van der Waals surface area contributed by atoms with E-state index >= 15 is 0 Å². The molecule has 0 radical (unpaired) electrons. The van der Waals surface area contributed by atoms with Crippen LogP contribution >= 0.6 is 23.2 Å². The molecule has 0 bridgehead atoms. The summed E-state index contributed by atoms with van der Waals surface area (Å²) in [5.74, 6) is -0.691. The summed E-state index contributed by atoms with van der Waals surface area (Å²) in [5, 5.41) is 10.7. The van der Waals surface area contributed by atoms with Crippen LogP contribution in [-0.2, 0) is 16.1 Å². The van der Waals surface area contributed by atoms with E-state index in [4.69, 9.17) is 27.9 Å². The van der Waals surface area contributed by atoms with Crippen molar-refractivity contribution in [2.45, 2.75) is 13.5 Å². The minimum atomic E-state index is -0.400. The molecule has 9 heteroatoms. The Bertz CT molecular complexity index is 1080. The Hall–Kier alpha value is -2.87. The fourth-order valence-corrected chi connectivity index (χ4v) is 3.42. The molecule has 1 aromatic heterocycles. The molecule has 0 atom stereocenters. The number of nitrogens with zero attached hydrogens (tertiary/aromatic N) is 2. The quantitative estimate of drug-likeness (QED) is 0.563. The van der Waals surface area contributed by atoms with Gasteiger partial charge >= 0.3 is 0 Å². The molecule has 0 aliphatic rings. The molecule has 0 spiro atoms. The zero-order valence-electron chi connectivity index (χ0n) is 16.4. The molecule has 0 saturated heterocycles. The Labute approximate surface area is 183 Å². The molecule has 156 valence electrons. The molecule has 2 amide bonds. The highest BCUT2D eigenvalue weighted by molar-refractivity contribution is 6.34. The van der Waals surface area contributed by atoms with Crippen molar-refractivity contribution in [1.29, 1.82) is 0 Å². The van der Waals surface area contributed by atoms with Gasteiger partial charge in [-0.25, -0.2) is 4.68 Å². The Kier molecular flexibility index (Phi) is 7.10. The third-order valence-electron chi connectivity index (χ3n) is 4.25. The van der Waals surface area contributed by atoms with Crippen LogP contribution in [0.4, 0.5) is 11.4 Å². The van der Waals surface area contributed by atoms with E-state index in [1.54, 1.807) is 37.3 Å². The number of ether oxygens (including phenoxy) is 1. The number of rotatable bonds is 7. The molecule has 0 fully saturated rings. The monoisotopic (exact) mass is 446 g/mol. The molecule has 3 aromatic rings. The Morgan fingerprint density at radius 1 is 1.07 bits per heavy atom. The zero-order valence-corrected chi connectivity index (χ0v) is 17.9. The molecule has 7 nitrogen and oxygen atoms in total. The highest BCUT2D eigenvalue weighted by Gasteiger charge is 2.21. The van der Waals surface area contributed by atoms with E-state index < -0.39 is 5.91 Å². The number of nitrogens with one attached hydrogen (secondary N) is 2. The summed E-state index contributed by atoms with van der Waals surface area (Å²) < 4.78 is 6.33. The number of amides is 2. The van der Waals surface area contributed by atoms with E-state index in [1.165, 1.54) is 11.8 Å². The fraction of sp³-hybridized carbons (Fsp3) is 0.190. The van der Waals surface area contributed by atoms with E-state index in [1.807, 2.05) is 18.2 Å². The molecule has 0 saturated carbocycles. The third-order valence-corrected chi connectivity index (χ3v) is 5.00. The van der Waals surface area contributed by atoms with Crippen molar-refractivity contribution in [3.8, 4) is 0 Å². The van der Waals surface area contributed by atoms with Crippen molar-refractivity contribution in [1.82, 2.24) is 9.78 Å². The number of carbonyl (C=O) groups excluding carboxylic acids is 2. The third kappa shape index (κ3) is 5.18. The minimum Gasteiger partial charge on any atom is -0.375 e. The highest BCUT2D eigenvalue weighted by atomic mass is 35.5. The number of methoxy groups -OCH3 is 1. The zero-order chi connectivity index (χ0) is 21.7. The van der Waals surface area contributed by atoms with Gasteiger partial charge in [0.15, 0.2) is 0 Å². The number of anilines is 2. The van der Waals surface area contributed by atoms with Crippen molar-refractivity contribution < 1.29 is 14.3 Å². The second kappa shape index (κ2) is 9.75. The molecular formula is C21H20Cl2N4O3. The molecule has 30 heavy (non-hydrogen) atoms. The lowest BCUT2D eigenvalue weighted by atomic mass is 10.2. The van der Waals surface area contributed by atoms with Gasteiger partial charge in [0, 0.05) is 23.5 Å². The van der Waals surface area contributed by atoms with Gasteiger partial charge in [0.1, 0.15) is 11.8 Å². The van der Waals surface area contributed by atoms with Crippen LogP contribution in [0.3, 0.4) is 0 Å². The number of hydrogen-bond donors (Lipinski definition) is 2. The lowest BCUT2D eigenvalue weighted by molar-refractivity contribution is -0.119. The lowest BCUT2D eigenvalue weighted by Crippen LogP contribution is -2.17.